The van der Waals surface area contributed by atoms with E-state index in [1.165, 1.54) is 20.3 Å². The molecule has 1 heterocycles. The van der Waals surface area contributed by atoms with Gasteiger partial charge in [0.05, 0.1) is 19.8 Å². The van der Waals surface area contributed by atoms with Crippen LogP contribution in [0.2, 0.25) is 0 Å². The monoisotopic (exact) mass is 336 g/mol. The smallest absolute Gasteiger partial charge is 0.319 e. The Morgan fingerprint density at radius 1 is 1.33 bits per heavy atom. The lowest BCUT2D eigenvalue weighted by atomic mass is 9.89. The van der Waals surface area contributed by atoms with Crippen LogP contribution < -0.4 is 15.4 Å². The summed E-state index contributed by atoms with van der Waals surface area (Å²) in [5, 5.41) is 14.9. The number of aromatic hydroxyl groups is 1. The Balaban J connectivity index is 2.30. The number of urea groups is 1. The fourth-order valence-electron chi connectivity index (χ4n) is 2.44. The maximum atomic E-state index is 12.4. The van der Waals surface area contributed by atoms with Crippen LogP contribution in [-0.2, 0) is 14.3 Å². The second-order valence-electron chi connectivity index (χ2n) is 5.17. The maximum Gasteiger partial charge on any atom is 0.319 e. The summed E-state index contributed by atoms with van der Waals surface area (Å²) in [5.74, 6) is -1.17. The summed E-state index contributed by atoms with van der Waals surface area (Å²) in [6.45, 7) is 4.11. The number of carbonyl (C=O) groups is 2. The summed E-state index contributed by atoms with van der Waals surface area (Å²) in [6, 6.07) is 3.40. The van der Waals surface area contributed by atoms with Gasteiger partial charge in [0.25, 0.3) is 0 Å². The van der Waals surface area contributed by atoms with Gasteiger partial charge in [0, 0.05) is 12.8 Å². The van der Waals surface area contributed by atoms with Gasteiger partial charge in [0.15, 0.2) is 11.5 Å². The lowest BCUT2D eigenvalue weighted by Crippen LogP contribution is -2.51. The molecule has 2 atom stereocenters. The quantitative estimate of drug-likeness (QED) is 0.530. The number of carbonyl (C=O) groups excluding carboxylic acids is 2. The minimum Gasteiger partial charge on any atom is -0.504 e. The molecule has 2 amide bonds. The van der Waals surface area contributed by atoms with Gasteiger partial charge in [-0.1, -0.05) is 12.6 Å². The zero-order valence-electron chi connectivity index (χ0n) is 13.5. The molecule has 8 nitrogen and oxygen atoms in total. The number of hydrogen-bond donors (Lipinski definition) is 3. The van der Waals surface area contributed by atoms with Crippen molar-refractivity contribution in [3.8, 4) is 11.5 Å². The molecule has 0 spiro atoms. The molecule has 0 aliphatic carbocycles. The zero-order chi connectivity index (χ0) is 17.7. The third-order valence-electron chi connectivity index (χ3n) is 3.62. The van der Waals surface area contributed by atoms with E-state index >= 15 is 0 Å². The topological polar surface area (TPSA) is 106 Å². The van der Waals surface area contributed by atoms with Gasteiger partial charge in [0.2, 0.25) is 0 Å². The number of ether oxygens (including phenoxy) is 3. The predicted molar refractivity (Wildman–Crippen MR) is 84.5 cm³/mol. The fraction of sp³-hybridized carbons (Fsp3) is 0.375. The van der Waals surface area contributed by atoms with Crippen LogP contribution >= 0.6 is 0 Å². The van der Waals surface area contributed by atoms with Crippen LogP contribution in [0.25, 0.3) is 0 Å². The van der Waals surface area contributed by atoms with Crippen molar-refractivity contribution in [1.82, 2.24) is 10.6 Å². The molecule has 24 heavy (non-hydrogen) atoms. The second-order valence-corrected chi connectivity index (χ2v) is 5.17. The van der Waals surface area contributed by atoms with E-state index in [1.54, 1.807) is 12.1 Å². The van der Waals surface area contributed by atoms with Gasteiger partial charge in [-0.05, 0) is 17.7 Å². The van der Waals surface area contributed by atoms with Crippen molar-refractivity contribution in [2.75, 3.05) is 27.4 Å². The van der Waals surface area contributed by atoms with E-state index in [4.69, 9.17) is 14.2 Å². The van der Waals surface area contributed by atoms with Crippen molar-refractivity contribution in [2.24, 2.45) is 5.92 Å². The average Bonchev–Trinajstić information content (AvgIpc) is 2.54. The molecule has 3 N–H and O–H groups in total. The minimum absolute atomic E-state index is 0.0421. The van der Waals surface area contributed by atoms with Gasteiger partial charge < -0.3 is 30.0 Å². The number of rotatable bonds is 6. The first kappa shape index (κ1) is 17.6. The molecule has 0 saturated carbocycles. The van der Waals surface area contributed by atoms with Gasteiger partial charge in [0.1, 0.15) is 12.5 Å². The van der Waals surface area contributed by atoms with Crippen molar-refractivity contribution in [3.05, 3.63) is 36.0 Å². The Morgan fingerprint density at radius 3 is 2.75 bits per heavy atom. The summed E-state index contributed by atoms with van der Waals surface area (Å²) in [6.07, 6.45) is 0. The van der Waals surface area contributed by atoms with E-state index in [-0.39, 0.29) is 30.4 Å². The number of nitrogens with one attached hydrogen (secondary N) is 2. The maximum absolute atomic E-state index is 12.4. The molecule has 1 saturated heterocycles. The van der Waals surface area contributed by atoms with Gasteiger partial charge in [-0.25, -0.2) is 4.79 Å². The van der Waals surface area contributed by atoms with Crippen LogP contribution in [0.4, 0.5) is 4.79 Å². The number of amides is 2. The van der Waals surface area contributed by atoms with Crippen LogP contribution in [0, 0.1) is 5.92 Å². The lowest BCUT2D eigenvalue weighted by Gasteiger charge is -2.33. The number of phenols is 1. The van der Waals surface area contributed by atoms with Crippen molar-refractivity contribution in [2.45, 2.75) is 6.04 Å². The number of hydrogen-bond acceptors (Lipinski definition) is 6. The van der Waals surface area contributed by atoms with Crippen molar-refractivity contribution >= 4 is 12.0 Å². The summed E-state index contributed by atoms with van der Waals surface area (Å²) in [5.41, 5.74) is 0.813. The third-order valence-corrected chi connectivity index (χ3v) is 3.62. The standard InChI is InChI=1S/C16H20N2O6/c1-9-13(15(20)24-7-6-22-2)14(18-16(21)17-9)10-4-5-11(19)12(8-10)23-3/h4-5,8,13-14,19H,1,6-7H2,2-3H3,(H2,17,18,21)/t13-,14+/m1/s1. The van der Waals surface area contributed by atoms with Crippen LogP contribution in [-0.4, -0.2) is 44.5 Å². The summed E-state index contributed by atoms with van der Waals surface area (Å²) < 4.78 is 15.1. The number of methoxy groups -OCH3 is 2. The molecular formula is C16H20N2O6. The SMILES string of the molecule is C=C1NC(=O)N[C@@H](c2ccc(O)c(OC)c2)[C@@H]1C(=O)OCCOC. The predicted octanol–water partition coefficient (Wildman–Crippen LogP) is 1.07. The van der Waals surface area contributed by atoms with Gasteiger partial charge in [-0.15, -0.1) is 0 Å². The van der Waals surface area contributed by atoms with Gasteiger partial charge in [-0.2, -0.15) is 0 Å². The molecule has 0 bridgehead atoms. The summed E-state index contributed by atoms with van der Waals surface area (Å²) in [7, 11) is 2.91. The average molecular weight is 336 g/mol. The molecule has 1 aliphatic heterocycles. The highest BCUT2D eigenvalue weighted by Crippen LogP contribution is 2.35. The highest BCUT2D eigenvalue weighted by Gasteiger charge is 2.39. The van der Waals surface area contributed by atoms with Crippen molar-refractivity contribution in [3.63, 3.8) is 0 Å². The van der Waals surface area contributed by atoms with E-state index in [2.05, 4.69) is 17.2 Å². The molecule has 8 heteroatoms. The second kappa shape index (κ2) is 7.69. The molecule has 0 unspecified atom stereocenters. The first-order valence-electron chi connectivity index (χ1n) is 7.26. The van der Waals surface area contributed by atoms with E-state index in [0.29, 0.717) is 5.56 Å². The Morgan fingerprint density at radius 2 is 2.08 bits per heavy atom. The first-order chi connectivity index (χ1) is 11.5. The van der Waals surface area contributed by atoms with E-state index in [1.807, 2.05) is 0 Å². The zero-order valence-corrected chi connectivity index (χ0v) is 13.5. The first-order valence-corrected chi connectivity index (χ1v) is 7.26. The van der Waals surface area contributed by atoms with Crippen molar-refractivity contribution in [1.29, 1.82) is 0 Å². The molecule has 1 aliphatic rings. The van der Waals surface area contributed by atoms with E-state index < -0.39 is 24.0 Å². The largest absolute Gasteiger partial charge is 0.504 e. The molecule has 1 fully saturated rings. The van der Waals surface area contributed by atoms with E-state index in [0.717, 1.165) is 0 Å². The molecular weight excluding hydrogens is 316 g/mol. The Labute approximate surface area is 139 Å². The summed E-state index contributed by atoms with van der Waals surface area (Å²) in [4.78, 5) is 24.2. The summed E-state index contributed by atoms with van der Waals surface area (Å²) >= 11 is 0. The van der Waals surface area contributed by atoms with Gasteiger partial charge >= 0.3 is 12.0 Å². The van der Waals surface area contributed by atoms with Crippen LogP contribution in [0.5, 0.6) is 11.5 Å². The molecule has 1 aromatic carbocycles. The Kier molecular flexibility index (Phi) is 5.64. The van der Waals surface area contributed by atoms with Crippen LogP contribution in [0.3, 0.4) is 0 Å². The van der Waals surface area contributed by atoms with Gasteiger partial charge in [-0.3, -0.25) is 4.79 Å². The molecule has 1 aromatic rings. The molecule has 130 valence electrons. The normalized spacial score (nSPS) is 20.1. The number of esters is 1. The fourth-order valence-corrected chi connectivity index (χ4v) is 2.44. The lowest BCUT2D eigenvalue weighted by molar-refractivity contribution is -0.149. The highest BCUT2D eigenvalue weighted by atomic mass is 16.6. The molecule has 0 aromatic heterocycles. The van der Waals surface area contributed by atoms with Crippen LogP contribution in [0.15, 0.2) is 30.5 Å². The van der Waals surface area contributed by atoms with Crippen molar-refractivity contribution < 1.29 is 28.9 Å². The molecule has 0 radical (unpaired) electrons. The number of benzene rings is 1. The van der Waals surface area contributed by atoms with Crippen LogP contribution in [0.1, 0.15) is 11.6 Å². The Bertz CT molecular complexity index is 645. The minimum atomic E-state index is -0.825. The number of phenolic OH excluding ortho intramolecular Hbond substituents is 1. The highest BCUT2D eigenvalue weighted by molar-refractivity contribution is 5.85. The van der Waals surface area contributed by atoms with E-state index in [9.17, 15) is 14.7 Å². The third kappa shape index (κ3) is 3.77. The Hall–Kier alpha value is -2.74. The molecule has 2 rings (SSSR count).